The van der Waals surface area contributed by atoms with E-state index < -0.39 is 11.9 Å². The van der Waals surface area contributed by atoms with E-state index in [1.807, 2.05) is 0 Å². The van der Waals surface area contributed by atoms with E-state index in [0.717, 1.165) is 0 Å². The van der Waals surface area contributed by atoms with Gasteiger partial charge in [-0.1, -0.05) is 0 Å². The van der Waals surface area contributed by atoms with Crippen molar-refractivity contribution in [3.8, 4) is 0 Å². The number of rotatable bonds is 2. The molecule has 1 saturated heterocycles. The number of amides is 1. The molecule has 1 N–H and O–H groups in total. The van der Waals surface area contributed by atoms with Crippen LogP contribution in [0.3, 0.4) is 0 Å². The van der Waals surface area contributed by atoms with Crippen molar-refractivity contribution in [3.63, 3.8) is 0 Å². The first-order valence-corrected chi connectivity index (χ1v) is 6.29. The molecular formula is C9H7Br2N3O3. The van der Waals surface area contributed by atoms with E-state index in [1.165, 1.54) is 11.1 Å². The van der Waals surface area contributed by atoms with Crippen LogP contribution in [-0.2, 0) is 9.59 Å². The maximum Gasteiger partial charge on any atom is 0.308 e. The lowest BCUT2D eigenvalue weighted by Gasteiger charge is -2.15. The van der Waals surface area contributed by atoms with Crippen LogP contribution in [0.25, 0.3) is 0 Å². The van der Waals surface area contributed by atoms with Gasteiger partial charge in [0, 0.05) is 13.0 Å². The van der Waals surface area contributed by atoms with Crippen LogP contribution in [-0.4, -0.2) is 33.5 Å². The molecule has 1 aliphatic rings. The molecule has 1 aromatic heterocycles. The van der Waals surface area contributed by atoms with Gasteiger partial charge >= 0.3 is 5.97 Å². The zero-order valence-electron chi connectivity index (χ0n) is 8.43. The molecule has 1 aromatic rings. The van der Waals surface area contributed by atoms with Crippen molar-refractivity contribution < 1.29 is 14.7 Å². The maximum atomic E-state index is 11.7. The average Bonchev–Trinajstić information content (AvgIpc) is 2.61. The summed E-state index contributed by atoms with van der Waals surface area (Å²) in [5.41, 5.74) is 0. The van der Waals surface area contributed by atoms with Gasteiger partial charge in [-0.25, -0.2) is 9.97 Å². The zero-order chi connectivity index (χ0) is 12.6. The molecule has 0 aliphatic carbocycles. The van der Waals surface area contributed by atoms with Gasteiger partial charge in [-0.05, 0) is 31.9 Å². The van der Waals surface area contributed by atoms with Crippen LogP contribution in [0.2, 0.25) is 0 Å². The van der Waals surface area contributed by atoms with Crippen LogP contribution in [0, 0.1) is 5.92 Å². The summed E-state index contributed by atoms with van der Waals surface area (Å²) in [6.45, 7) is 0.128. The summed E-state index contributed by atoms with van der Waals surface area (Å²) < 4.78 is 0.945. The molecule has 0 spiro atoms. The summed E-state index contributed by atoms with van der Waals surface area (Å²) in [5.74, 6) is -1.56. The molecule has 2 heterocycles. The number of anilines is 1. The zero-order valence-corrected chi connectivity index (χ0v) is 11.6. The number of hydrogen-bond donors (Lipinski definition) is 1. The van der Waals surface area contributed by atoms with E-state index in [-0.39, 0.29) is 18.9 Å². The molecule has 1 unspecified atom stereocenters. The summed E-state index contributed by atoms with van der Waals surface area (Å²) in [5, 5.41) is 8.87. The minimum Gasteiger partial charge on any atom is -0.481 e. The van der Waals surface area contributed by atoms with Gasteiger partial charge in [0.25, 0.3) is 0 Å². The maximum absolute atomic E-state index is 11.7. The third-order valence-electron chi connectivity index (χ3n) is 2.41. The SMILES string of the molecule is O=C(O)C1CC(=O)N(c2ncc(Br)nc2Br)C1. The van der Waals surface area contributed by atoms with Crippen LogP contribution < -0.4 is 4.90 Å². The van der Waals surface area contributed by atoms with Crippen molar-refractivity contribution in [2.45, 2.75) is 6.42 Å². The van der Waals surface area contributed by atoms with E-state index >= 15 is 0 Å². The summed E-state index contributed by atoms with van der Waals surface area (Å²) in [4.78, 5) is 32.0. The first kappa shape index (κ1) is 12.4. The number of carboxylic acid groups (broad SMARTS) is 1. The molecular weight excluding hydrogens is 358 g/mol. The molecule has 1 amide bonds. The molecule has 0 radical (unpaired) electrons. The van der Waals surface area contributed by atoms with Crippen LogP contribution in [0.1, 0.15) is 6.42 Å². The van der Waals surface area contributed by atoms with Gasteiger partial charge in [-0.15, -0.1) is 0 Å². The third-order valence-corrected chi connectivity index (χ3v) is 3.33. The molecule has 1 fully saturated rings. The van der Waals surface area contributed by atoms with Crippen molar-refractivity contribution in [1.29, 1.82) is 0 Å². The summed E-state index contributed by atoms with van der Waals surface area (Å²) in [7, 11) is 0. The fraction of sp³-hybridized carbons (Fsp3) is 0.333. The molecule has 1 atom stereocenters. The molecule has 0 aromatic carbocycles. The van der Waals surface area contributed by atoms with Gasteiger partial charge in [-0.2, -0.15) is 0 Å². The normalized spacial score (nSPS) is 19.8. The molecule has 0 bridgehead atoms. The van der Waals surface area contributed by atoms with E-state index in [2.05, 4.69) is 41.8 Å². The second-order valence-electron chi connectivity index (χ2n) is 3.55. The van der Waals surface area contributed by atoms with Crippen LogP contribution >= 0.6 is 31.9 Å². The Hall–Kier alpha value is -1.02. The van der Waals surface area contributed by atoms with Crippen LogP contribution in [0.15, 0.2) is 15.4 Å². The van der Waals surface area contributed by atoms with Crippen molar-refractivity contribution in [2.24, 2.45) is 5.92 Å². The molecule has 6 nitrogen and oxygen atoms in total. The third kappa shape index (κ3) is 2.47. The number of carbonyl (C=O) groups is 2. The number of hydrogen-bond acceptors (Lipinski definition) is 4. The van der Waals surface area contributed by atoms with Crippen LogP contribution in [0.5, 0.6) is 0 Å². The molecule has 0 saturated carbocycles. The van der Waals surface area contributed by atoms with Gasteiger partial charge in [0.05, 0.1) is 12.1 Å². The first-order valence-electron chi connectivity index (χ1n) is 4.70. The molecule has 90 valence electrons. The topological polar surface area (TPSA) is 83.4 Å². The van der Waals surface area contributed by atoms with Crippen molar-refractivity contribution in [3.05, 3.63) is 15.4 Å². The monoisotopic (exact) mass is 363 g/mol. The second kappa shape index (κ2) is 4.69. The number of nitrogens with zero attached hydrogens (tertiary/aromatic N) is 3. The predicted octanol–water partition coefficient (Wildman–Crippen LogP) is 1.44. The highest BCUT2D eigenvalue weighted by atomic mass is 79.9. The quantitative estimate of drug-likeness (QED) is 0.858. The van der Waals surface area contributed by atoms with E-state index in [9.17, 15) is 9.59 Å². The Morgan fingerprint density at radius 3 is 2.76 bits per heavy atom. The highest BCUT2D eigenvalue weighted by Crippen LogP contribution is 2.29. The number of aliphatic carboxylic acids is 1. The second-order valence-corrected chi connectivity index (χ2v) is 5.11. The molecule has 2 rings (SSSR count). The lowest BCUT2D eigenvalue weighted by atomic mass is 10.1. The fourth-order valence-electron chi connectivity index (χ4n) is 1.60. The lowest BCUT2D eigenvalue weighted by molar-refractivity contribution is -0.141. The Bertz CT molecular complexity index is 494. The van der Waals surface area contributed by atoms with Crippen molar-refractivity contribution in [1.82, 2.24) is 9.97 Å². The number of carboxylic acids is 1. The summed E-state index contributed by atoms with van der Waals surface area (Å²) >= 11 is 6.35. The van der Waals surface area contributed by atoms with E-state index in [0.29, 0.717) is 15.0 Å². The van der Waals surface area contributed by atoms with Gasteiger partial charge in [0.2, 0.25) is 5.91 Å². The smallest absolute Gasteiger partial charge is 0.308 e. The predicted molar refractivity (Wildman–Crippen MR) is 65.5 cm³/mol. The average molecular weight is 365 g/mol. The van der Waals surface area contributed by atoms with E-state index in [1.54, 1.807) is 0 Å². The van der Waals surface area contributed by atoms with Gasteiger partial charge in [0.15, 0.2) is 5.82 Å². The minimum absolute atomic E-state index is 0.000479. The standard InChI is InChI=1S/C9H7Br2N3O3/c10-5-2-12-8(7(11)13-5)14-3-4(9(16)17)1-6(14)15/h2,4H,1,3H2,(H,16,17). The van der Waals surface area contributed by atoms with E-state index in [4.69, 9.17) is 5.11 Å². The molecule has 8 heteroatoms. The molecule has 1 aliphatic heterocycles. The Kier molecular flexibility index (Phi) is 3.43. The van der Waals surface area contributed by atoms with Crippen molar-refractivity contribution in [2.75, 3.05) is 11.4 Å². The highest BCUT2D eigenvalue weighted by molar-refractivity contribution is 9.11. The Labute approximate surface area is 113 Å². The summed E-state index contributed by atoms with van der Waals surface area (Å²) in [6, 6.07) is 0. The minimum atomic E-state index is -0.970. The molecule has 17 heavy (non-hydrogen) atoms. The van der Waals surface area contributed by atoms with Crippen LogP contribution in [0.4, 0.5) is 5.82 Å². The largest absolute Gasteiger partial charge is 0.481 e. The number of halogens is 2. The lowest BCUT2D eigenvalue weighted by Crippen LogP contribution is -2.27. The highest BCUT2D eigenvalue weighted by Gasteiger charge is 2.36. The summed E-state index contributed by atoms with van der Waals surface area (Å²) in [6.07, 6.45) is 1.46. The first-order chi connectivity index (χ1) is 7.99. The number of carbonyl (C=O) groups excluding carboxylic acids is 1. The Morgan fingerprint density at radius 1 is 1.53 bits per heavy atom. The van der Waals surface area contributed by atoms with Gasteiger partial charge < -0.3 is 5.11 Å². The fourth-order valence-corrected chi connectivity index (χ4v) is 2.62. The van der Waals surface area contributed by atoms with Gasteiger partial charge in [0.1, 0.15) is 9.21 Å². The Morgan fingerprint density at radius 2 is 2.24 bits per heavy atom. The van der Waals surface area contributed by atoms with Gasteiger partial charge in [-0.3, -0.25) is 14.5 Å². The number of aromatic nitrogens is 2. The van der Waals surface area contributed by atoms with Crippen molar-refractivity contribution >= 4 is 49.6 Å². The Balaban J connectivity index is 2.29.